The van der Waals surface area contributed by atoms with Gasteiger partial charge in [-0.05, 0) is 19.1 Å². The van der Waals surface area contributed by atoms with E-state index >= 15 is 0 Å². The van der Waals surface area contributed by atoms with Crippen LogP contribution in [-0.4, -0.2) is 15.0 Å². The SMILES string of the molecule is Cc1ccc(-c2csc(Cc3cnc[nH]3)n2)o1. The summed E-state index contributed by atoms with van der Waals surface area (Å²) >= 11 is 1.63. The zero-order valence-electron chi connectivity index (χ0n) is 9.30. The van der Waals surface area contributed by atoms with E-state index in [2.05, 4.69) is 15.0 Å². The molecule has 0 atom stereocenters. The molecular formula is C12H11N3OS. The highest BCUT2D eigenvalue weighted by molar-refractivity contribution is 7.10. The molecular weight excluding hydrogens is 234 g/mol. The molecule has 0 radical (unpaired) electrons. The van der Waals surface area contributed by atoms with Crippen molar-refractivity contribution in [3.63, 3.8) is 0 Å². The topological polar surface area (TPSA) is 54.7 Å². The Labute approximate surface area is 102 Å². The zero-order chi connectivity index (χ0) is 11.7. The Bertz CT molecular complexity index is 609. The first-order chi connectivity index (χ1) is 8.31. The summed E-state index contributed by atoms with van der Waals surface area (Å²) in [5.74, 6) is 1.73. The minimum atomic E-state index is 0.782. The van der Waals surface area contributed by atoms with Crippen LogP contribution in [0.1, 0.15) is 16.5 Å². The lowest BCUT2D eigenvalue weighted by Gasteiger charge is -1.91. The third-order valence-corrected chi connectivity index (χ3v) is 3.29. The summed E-state index contributed by atoms with van der Waals surface area (Å²) < 4.78 is 5.54. The summed E-state index contributed by atoms with van der Waals surface area (Å²) in [4.78, 5) is 11.6. The lowest BCUT2D eigenvalue weighted by molar-refractivity contribution is 0.546. The van der Waals surface area contributed by atoms with Crippen molar-refractivity contribution in [2.24, 2.45) is 0 Å². The first-order valence-corrected chi connectivity index (χ1v) is 6.18. The molecule has 3 heterocycles. The number of rotatable bonds is 3. The van der Waals surface area contributed by atoms with Gasteiger partial charge < -0.3 is 9.40 Å². The van der Waals surface area contributed by atoms with Crippen molar-refractivity contribution in [1.29, 1.82) is 0 Å². The van der Waals surface area contributed by atoms with Crippen LogP contribution >= 0.6 is 11.3 Å². The summed E-state index contributed by atoms with van der Waals surface area (Å²) in [7, 11) is 0. The van der Waals surface area contributed by atoms with Crippen molar-refractivity contribution >= 4 is 11.3 Å². The Hall–Kier alpha value is -1.88. The molecule has 4 nitrogen and oxygen atoms in total. The van der Waals surface area contributed by atoms with Gasteiger partial charge in [-0.1, -0.05) is 0 Å². The maximum Gasteiger partial charge on any atom is 0.153 e. The minimum absolute atomic E-state index is 0.782. The summed E-state index contributed by atoms with van der Waals surface area (Å²) in [6.45, 7) is 1.93. The number of aromatic nitrogens is 3. The van der Waals surface area contributed by atoms with Crippen LogP contribution < -0.4 is 0 Å². The van der Waals surface area contributed by atoms with Gasteiger partial charge in [0.2, 0.25) is 0 Å². The standard InChI is InChI=1S/C12H11N3OS/c1-8-2-3-11(16-8)10-6-17-12(15-10)4-9-5-13-7-14-9/h2-3,5-7H,4H2,1H3,(H,13,14). The molecule has 0 unspecified atom stereocenters. The number of hydrogen-bond acceptors (Lipinski definition) is 4. The summed E-state index contributed by atoms with van der Waals surface area (Å²) in [6, 6.07) is 3.90. The van der Waals surface area contributed by atoms with Crippen molar-refractivity contribution < 1.29 is 4.42 Å². The van der Waals surface area contributed by atoms with E-state index in [0.29, 0.717) is 0 Å². The molecule has 0 saturated carbocycles. The van der Waals surface area contributed by atoms with Crippen molar-refractivity contribution in [3.05, 3.63) is 46.5 Å². The number of H-pyrrole nitrogens is 1. The van der Waals surface area contributed by atoms with Gasteiger partial charge in [-0.25, -0.2) is 9.97 Å². The normalized spacial score (nSPS) is 10.9. The Morgan fingerprint density at radius 2 is 2.35 bits per heavy atom. The molecule has 17 heavy (non-hydrogen) atoms. The number of aryl methyl sites for hydroxylation is 1. The van der Waals surface area contributed by atoms with Gasteiger partial charge in [0.05, 0.1) is 11.3 Å². The monoisotopic (exact) mass is 245 g/mol. The maximum absolute atomic E-state index is 5.54. The highest BCUT2D eigenvalue weighted by atomic mass is 32.1. The lowest BCUT2D eigenvalue weighted by Crippen LogP contribution is -1.86. The number of hydrogen-bond donors (Lipinski definition) is 1. The van der Waals surface area contributed by atoms with Crippen molar-refractivity contribution in [2.75, 3.05) is 0 Å². The molecule has 1 N–H and O–H groups in total. The smallest absolute Gasteiger partial charge is 0.153 e. The van der Waals surface area contributed by atoms with Crippen LogP contribution in [0.4, 0.5) is 0 Å². The predicted octanol–water partition coefficient (Wildman–Crippen LogP) is 3.03. The number of imidazole rings is 1. The molecule has 3 aromatic rings. The fraction of sp³-hybridized carbons (Fsp3) is 0.167. The highest BCUT2D eigenvalue weighted by Gasteiger charge is 2.08. The van der Waals surface area contributed by atoms with E-state index in [4.69, 9.17) is 4.42 Å². The average molecular weight is 245 g/mol. The van der Waals surface area contributed by atoms with Gasteiger partial charge in [-0.2, -0.15) is 0 Å². The molecule has 3 aromatic heterocycles. The molecule has 0 amide bonds. The van der Waals surface area contributed by atoms with Gasteiger partial charge in [0.1, 0.15) is 11.5 Å². The van der Waals surface area contributed by atoms with Gasteiger partial charge in [0.25, 0.3) is 0 Å². The molecule has 0 aliphatic rings. The Morgan fingerprint density at radius 1 is 1.41 bits per heavy atom. The lowest BCUT2D eigenvalue weighted by atomic mass is 10.3. The van der Waals surface area contributed by atoms with Crippen molar-refractivity contribution in [2.45, 2.75) is 13.3 Å². The molecule has 0 fully saturated rings. The van der Waals surface area contributed by atoms with Crippen molar-refractivity contribution in [1.82, 2.24) is 15.0 Å². The van der Waals surface area contributed by atoms with E-state index in [1.807, 2.05) is 30.6 Å². The minimum Gasteiger partial charge on any atom is -0.460 e. The van der Waals surface area contributed by atoms with E-state index in [1.54, 1.807) is 17.7 Å². The molecule has 0 bridgehead atoms. The van der Waals surface area contributed by atoms with Crippen LogP contribution in [0, 0.1) is 6.92 Å². The molecule has 3 rings (SSSR count). The molecule has 86 valence electrons. The Kier molecular flexibility index (Phi) is 2.53. The third-order valence-electron chi connectivity index (χ3n) is 2.44. The highest BCUT2D eigenvalue weighted by Crippen LogP contribution is 2.24. The summed E-state index contributed by atoms with van der Waals surface area (Å²) in [6.07, 6.45) is 4.28. The fourth-order valence-corrected chi connectivity index (χ4v) is 2.43. The second-order valence-electron chi connectivity index (χ2n) is 3.79. The third kappa shape index (κ3) is 2.14. The predicted molar refractivity (Wildman–Crippen MR) is 65.9 cm³/mol. The van der Waals surface area contributed by atoms with Crippen LogP contribution in [-0.2, 0) is 6.42 Å². The molecule has 5 heteroatoms. The molecule has 0 aliphatic carbocycles. The zero-order valence-corrected chi connectivity index (χ0v) is 10.1. The van der Waals surface area contributed by atoms with Gasteiger partial charge in [0.15, 0.2) is 5.76 Å². The number of furan rings is 1. The van der Waals surface area contributed by atoms with Gasteiger partial charge in [-0.15, -0.1) is 11.3 Å². The number of nitrogens with zero attached hydrogens (tertiary/aromatic N) is 2. The number of aromatic amines is 1. The van der Waals surface area contributed by atoms with E-state index in [1.165, 1.54) is 0 Å². The number of thiazole rings is 1. The van der Waals surface area contributed by atoms with E-state index in [0.717, 1.165) is 34.3 Å². The van der Waals surface area contributed by atoms with Crippen LogP contribution in [0.25, 0.3) is 11.5 Å². The Balaban J connectivity index is 1.83. The van der Waals surface area contributed by atoms with Gasteiger partial charge >= 0.3 is 0 Å². The second kappa shape index (κ2) is 4.18. The number of nitrogens with one attached hydrogen (secondary N) is 1. The van der Waals surface area contributed by atoms with Crippen LogP contribution in [0.2, 0.25) is 0 Å². The van der Waals surface area contributed by atoms with Crippen LogP contribution in [0.3, 0.4) is 0 Å². The maximum atomic E-state index is 5.54. The second-order valence-corrected chi connectivity index (χ2v) is 4.73. The Morgan fingerprint density at radius 3 is 3.06 bits per heavy atom. The molecule has 0 spiro atoms. The summed E-state index contributed by atoms with van der Waals surface area (Å²) in [5, 5.41) is 3.07. The van der Waals surface area contributed by atoms with Crippen molar-refractivity contribution in [3.8, 4) is 11.5 Å². The van der Waals surface area contributed by atoms with Crippen LogP contribution in [0.5, 0.6) is 0 Å². The largest absolute Gasteiger partial charge is 0.460 e. The summed E-state index contributed by atoms with van der Waals surface area (Å²) in [5.41, 5.74) is 1.97. The average Bonchev–Trinajstić information content (AvgIpc) is 2.99. The van der Waals surface area contributed by atoms with Gasteiger partial charge in [0, 0.05) is 23.7 Å². The quantitative estimate of drug-likeness (QED) is 0.771. The van der Waals surface area contributed by atoms with E-state index in [-0.39, 0.29) is 0 Å². The molecule has 0 saturated heterocycles. The molecule has 0 aliphatic heterocycles. The van der Waals surface area contributed by atoms with Gasteiger partial charge in [-0.3, -0.25) is 0 Å². The fourth-order valence-electron chi connectivity index (χ4n) is 1.62. The van der Waals surface area contributed by atoms with E-state index in [9.17, 15) is 0 Å². The van der Waals surface area contributed by atoms with E-state index < -0.39 is 0 Å². The first kappa shape index (κ1) is 10.3. The van der Waals surface area contributed by atoms with Crippen LogP contribution in [0.15, 0.2) is 34.5 Å². The first-order valence-electron chi connectivity index (χ1n) is 5.30. The molecule has 0 aromatic carbocycles.